The van der Waals surface area contributed by atoms with Crippen LogP contribution in [0, 0.1) is 0 Å². The van der Waals surface area contributed by atoms with Crippen LogP contribution in [0.2, 0.25) is 0 Å². The Kier molecular flexibility index (Phi) is 2.65. The summed E-state index contributed by atoms with van der Waals surface area (Å²) in [5.74, 6) is 0.868. The summed E-state index contributed by atoms with van der Waals surface area (Å²) in [6.45, 7) is 4.02. The lowest BCUT2D eigenvalue weighted by molar-refractivity contribution is 0.580. The normalized spacial score (nSPS) is 19.7. The summed E-state index contributed by atoms with van der Waals surface area (Å²) < 4.78 is 0. The molecule has 0 saturated carbocycles. The highest BCUT2D eigenvalue weighted by molar-refractivity contribution is 5.81. The first-order valence-corrected chi connectivity index (χ1v) is 7.24. The second kappa shape index (κ2) is 4.49. The maximum atomic E-state index is 4.74. The number of aromatic amines is 1. The van der Waals surface area contributed by atoms with Gasteiger partial charge in [-0.2, -0.15) is 4.98 Å². The van der Waals surface area contributed by atoms with Crippen LogP contribution in [0.5, 0.6) is 0 Å². The molecule has 1 aliphatic heterocycles. The van der Waals surface area contributed by atoms with Crippen molar-refractivity contribution in [3.05, 3.63) is 17.5 Å². The number of aryl methyl sites for hydroxylation is 2. The Balaban J connectivity index is 1.74. The van der Waals surface area contributed by atoms with Crippen LogP contribution in [-0.4, -0.2) is 41.1 Å². The molecule has 2 aromatic heterocycles. The summed E-state index contributed by atoms with van der Waals surface area (Å²) >= 11 is 0. The van der Waals surface area contributed by atoms with Crippen LogP contribution in [0.15, 0.2) is 6.20 Å². The van der Waals surface area contributed by atoms with Gasteiger partial charge in [-0.3, -0.25) is 0 Å². The van der Waals surface area contributed by atoms with Gasteiger partial charge in [-0.25, -0.2) is 4.98 Å². The zero-order valence-electron chi connectivity index (χ0n) is 11.1. The van der Waals surface area contributed by atoms with Crippen molar-refractivity contribution < 1.29 is 0 Å². The zero-order valence-corrected chi connectivity index (χ0v) is 11.1. The number of hydrogen-bond donors (Lipinski definition) is 2. The molecule has 0 spiro atoms. The summed E-state index contributed by atoms with van der Waals surface area (Å²) in [6.07, 6.45) is 6.93. The lowest BCUT2D eigenvalue weighted by Gasteiger charge is -2.27. The van der Waals surface area contributed by atoms with Crippen LogP contribution in [0.1, 0.15) is 24.1 Å². The lowest BCUT2D eigenvalue weighted by Crippen LogP contribution is -2.44. The summed E-state index contributed by atoms with van der Waals surface area (Å²) in [7, 11) is 0. The molecular weight excluding hydrogens is 238 g/mol. The van der Waals surface area contributed by atoms with Crippen molar-refractivity contribution in [1.82, 2.24) is 20.3 Å². The molecule has 1 aliphatic carbocycles. The van der Waals surface area contributed by atoms with Crippen molar-refractivity contribution in [3.8, 4) is 0 Å². The fraction of sp³-hybridized carbons (Fsp3) is 0.571. The monoisotopic (exact) mass is 257 g/mol. The summed E-state index contributed by atoms with van der Waals surface area (Å²) in [6, 6.07) is 0. The number of piperazine rings is 1. The minimum Gasteiger partial charge on any atom is -0.343 e. The molecule has 0 amide bonds. The Morgan fingerprint density at radius 1 is 1.11 bits per heavy atom. The van der Waals surface area contributed by atoms with E-state index in [4.69, 9.17) is 4.98 Å². The van der Waals surface area contributed by atoms with Gasteiger partial charge in [0.25, 0.3) is 0 Å². The maximum absolute atomic E-state index is 4.74. The highest BCUT2D eigenvalue weighted by atomic mass is 15.3. The van der Waals surface area contributed by atoms with Gasteiger partial charge >= 0.3 is 0 Å². The van der Waals surface area contributed by atoms with Crippen molar-refractivity contribution in [2.45, 2.75) is 25.7 Å². The Morgan fingerprint density at radius 3 is 2.84 bits per heavy atom. The van der Waals surface area contributed by atoms with Gasteiger partial charge in [0.2, 0.25) is 5.95 Å². The molecule has 0 unspecified atom stereocenters. The maximum Gasteiger partial charge on any atom is 0.227 e. The van der Waals surface area contributed by atoms with E-state index in [0.717, 1.165) is 44.2 Å². The van der Waals surface area contributed by atoms with Crippen LogP contribution >= 0.6 is 0 Å². The molecule has 1 fully saturated rings. The SMILES string of the molecule is c1nc(N2CCNCC2)nc2[nH]c3c(c12)CCCC3. The van der Waals surface area contributed by atoms with Gasteiger partial charge in [-0.15, -0.1) is 0 Å². The van der Waals surface area contributed by atoms with Crippen molar-refractivity contribution in [2.24, 2.45) is 0 Å². The van der Waals surface area contributed by atoms with E-state index in [1.165, 1.54) is 35.9 Å². The van der Waals surface area contributed by atoms with Crippen LogP contribution in [0.3, 0.4) is 0 Å². The number of nitrogens with zero attached hydrogens (tertiary/aromatic N) is 3. The molecule has 5 nitrogen and oxygen atoms in total. The van der Waals surface area contributed by atoms with E-state index in [0.29, 0.717) is 0 Å². The molecule has 2 aromatic rings. The fourth-order valence-corrected chi connectivity index (χ4v) is 3.19. The van der Waals surface area contributed by atoms with Crippen LogP contribution in [0.4, 0.5) is 5.95 Å². The first kappa shape index (κ1) is 11.2. The standard InChI is InChI=1S/C14H19N5/c1-2-4-12-10(3-1)11-9-16-14(18-13(11)17-12)19-7-5-15-6-8-19/h9,15H,1-8H2,(H,16,17,18). The number of nitrogens with one attached hydrogen (secondary N) is 2. The first-order valence-electron chi connectivity index (χ1n) is 7.24. The number of rotatable bonds is 1. The summed E-state index contributed by atoms with van der Waals surface area (Å²) in [4.78, 5) is 15.1. The van der Waals surface area contributed by atoms with Crippen molar-refractivity contribution in [2.75, 3.05) is 31.1 Å². The van der Waals surface area contributed by atoms with E-state index >= 15 is 0 Å². The Hall–Kier alpha value is -1.62. The number of H-pyrrole nitrogens is 1. The van der Waals surface area contributed by atoms with E-state index in [2.05, 4.69) is 20.2 Å². The zero-order chi connectivity index (χ0) is 12.7. The van der Waals surface area contributed by atoms with Crippen LogP contribution in [0.25, 0.3) is 11.0 Å². The van der Waals surface area contributed by atoms with E-state index < -0.39 is 0 Å². The topological polar surface area (TPSA) is 56.8 Å². The molecule has 0 radical (unpaired) electrons. The lowest BCUT2D eigenvalue weighted by atomic mass is 9.96. The molecule has 2 aliphatic rings. The third kappa shape index (κ3) is 1.89. The summed E-state index contributed by atoms with van der Waals surface area (Å²) in [5.41, 5.74) is 3.86. The smallest absolute Gasteiger partial charge is 0.227 e. The molecule has 1 saturated heterocycles. The molecule has 5 heteroatoms. The molecule has 4 rings (SSSR count). The Labute approximate surface area is 112 Å². The molecule has 0 bridgehead atoms. The minimum atomic E-state index is 0.868. The van der Waals surface area contributed by atoms with Crippen LogP contribution < -0.4 is 10.2 Å². The van der Waals surface area contributed by atoms with Gasteiger partial charge in [-0.05, 0) is 31.2 Å². The third-order valence-electron chi connectivity index (χ3n) is 4.24. The second-order valence-corrected chi connectivity index (χ2v) is 5.46. The van der Waals surface area contributed by atoms with Crippen LogP contribution in [-0.2, 0) is 12.8 Å². The van der Waals surface area contributed by atoms with Crippen molar-refractivity contribution >= 4 is 17.0 Å². The molecular formula is C14H19N5. The molecule has 3 heterocycles. The minimum absolute atomic E-state index is 0.868. The molecule has 19 heavy (non-hydrogen) atoms. The average molecular weight is 257 g/mol. The molecule has 100 valence electrons. The Morgan fingerprint density at radius 2 is 1.95 bits per heavy atom. The first-order chi connectivity index (χ1) is 9.42. The fourth-order valence-electron chi connectivity index (χ4n) is 3.19. The largest absolute Gasteiger partial charge is 0.343 e. The van der Waals surface area contributed by atoms with E-state index in [9.17, 15) is 0 Å². The van der Waals surface area contributed by atoms with E-state index in [1.54, 1.807) is 0 Å². The number of hydrogen-bond acceptors (Lipinski definition) is 4. The highest BCUT2D eigenvalue weighted by Gasteiger charge is 2.18. The molecule has 0 atom stereocenters. The number of fused-ring (bicyclic) bond motifs is 3. The predicted octanol–water partition coefficient (Wildman–Crippen LogP) is 1.25. The molecule has 2 N–H and O–H groups in total. The summed E-state index contributed by atoms with van der Waals surface area (Å²) in [5, 5.41) is 4.59. The van der Waals surface area contributed by atoms with Gasteiger partial charge in [0.1, 0.15) is 5.65 Å². The van der Waals surface area contributed by atoms with Crippen molar-refractivity contribution in [1.29, 1.82) is 0 Å². The van der Waals surface area contributed by atoms with E-state index in [1.807, 2.05) is 6.20 Å². The van der Waals surface area contributed by atoms with E-state index in [-0.39, 0.29) is 0 Å². The Bertz CT molecular complexity index is 597. The quantitative estimate of drug-likeness (QED) is 0.807. The number of aromatic nitrogens is 3. The van der Waals surface area contributed by atoms with Gasteiger partial charge in [0.05, 0.1) is 0 Å². The predicted molar refractivity (Wildman–Crippen MR) is 75.6 cm³/mol. The van der Waals surface area contributed by atoms with Gasteiger partial charge in [0.15, 0.2) is 0 Å². The third-order valence-corrected chi connectivity index (χ3v) is 4.24. The van der Waals surface area contributed by atoms with Crippen molar-refractivity contribution in [3.63, 3.8) is 0 Å². The van der Waals surface area contributed by atoms with Gasteiger partial charge in [0, 0.05) is 43.5 Å². The van der Waals surface area contributed by atoms with Gasteiger partial charge in [-0.1, -0.05) is 0 Å². The second-order valence-electron chi connectivity index (χ2n) is 5.46. The molecule has 0 aromatic carbocycles. The number of anilines is 1. The average Bonchev–Trinajstić information content (AvgIpc) is 2.86. The van der Waals surface area contributed by atoms with Gasteiger partial charge < -0.3 is 15.2 Å². The highest BCUT2D eigenvalue weighted by Crippen LogP contribution is 2.28.